The molecule has 6 heteroatoms. The summed E-state index contributed by atoms with van der Waals surface area (Å²) in [5, 5.41) is 2.17. The Labute approximate surface area is 145 Å². The number of ether oxygens (including phenoxy) is 1. The summed E-state index contributed by atoms with van der Waals surface area (Å²) in [4.78, 5) is 12.3. The molecular weight excluding hydrogens is 326 g/mol. The molecule has 0 N–H and O–H groups in total. The second kappa shape index (κ2) is 6.99. The number of fused-ring (bicyclic) bond motifs is 1. The zero-order valence-corrected chi connectivity index (χ0v) is 15.1. The maximum absolute atomic E-state index is 6.16. The van der Waals surface area contributed by atoms with E-state index in [1.807, 2.05) is 16.8 Å². The summed E-state index contributed by atoms with van der Waals surface area (Å²) in [5.74, 6) is 0.630. The first-order valence-corrected chi connectivity index (χ1v) is 10.0. The second-order valence-corrected chi connectivity index (χ2v) is 8.51. The Morgan fingerprint density at radius 2 is 2.13 bits per heavy atom. The normalized spacial score (nSPS) is 26.3. The van der Waals surface area contributed by atoms with Gasteiger partial charge in [-0.2, -0.15) is 0 Å². The van der Waals surface area contributed by atoms with Gasteiger partial charge in [0.25, 0.3) is 0 Å². The van der Waals surface area contributed by atoms with Crippen molar-refractivity contribution in [2.75, 3.05) is 32.8 Å². The third kappa shape index (κ3) is 3.67. The highest BCUT2D eigenvalue weighted by atomic mass is 32.1. The lowest BCUT2D eigenvalue weighted by molar-refractivity contribution is 0.0511. The lowest BCUT2D eigenvalue weighted by Crippen LogP contribution is -2.32. The molecule has 0 amide bonds. The summed E-state index contributed by atoms with van der Waals surface area (Å²) in [6.45, 7) is 9.48. The Morgan fingerprint density at radius 3 is 2.91 bits per heavy atom. The van der Waals surface area contributed by atoms with Crippen LogP contribution in [0.25, 0.3) is 0 Å². The number of aromatic nitrogens is 1. The van der Waals surface area contributed by atoms with Crippen molar-refractivity contribution in [1.82, 2.24) is 14.8 Å². The van der Waals surface area contributed by atoms with Crippen molar-refractivity contribution in [1.29, 1.82) is 0 Å². The van der Waals surface area contributed by atoms with Crippen molar-refractivity contribution in [2.24, 2.45) is 5.92 Å². The van der Waals surface area contributed by atoms with Crippen LogP contribution in [0.15, 0.2) is 23.0 Å². The Balaban J connectivity index is 1.37. The molecule has 2 fully saturated rings. The molecule has 23 heavy (non-hydrogen) atoms. The van der Waals surface area contributed by atoms with E-state index < -0.39 is 0 Å². The van der Waals surface area contributed by atoms with Crippen molar-refractivity contribution in [3.63, 3.8) is 0 Å². The Bertz CT molecular complexity index is 628. The molecule has 2 aliphatic rings. The average Bonchev–Trinajstić information content (AvgIpc) is 3.22. The van der Waals surface area contributed by atoms with Gasteiger partial charge in [-0.1, -0.05) is 6.07 Å². The quantitative estimate of drug-likeness (QED) is 0.849. The van der Waals surface area contributed by atoms with E-state index in [-0.39, 0.29) is 0 Å². The molecule has 0 radical (unpaired) electrons. The van der Waals surface area contributed by atoms with Crippen LogP contribution in [0.2, 0.25) is 0 Å². The van der Waals surface area contributed by atoms with Gasteiger partial charge in [0.1, 0.15) is 0 Å². The molecule has 2 aromatic rings. The molecule has 2 saturated heterocycles. The van der Waals surface area contributed by atoms with Gasteiger partial charge in [0.15, 0.2) is 0 Å². The largest absolute Gasteiger partial charge is 0.375 e. The molecule has 4 rings (SSSR count). The summed E-state index contributed by atoms with van der Waals surface area (Å²) in [5.41, 5.74) is 3.14. The van der Waals surface area contributed by atoms with Gasteiger partial charge >= 0.3 is 0 Å². The monoisotopic (exact) mass is 349 g/mol. The predicted octanol–water partition coefficient (Wildman–Crippen LogP) is 2.85. The van der Waals surface area contributed by atoms with Gasteiger partial charge in [-0.15, -0.1) is 22.7 Å². The van der Waals surface area contributed by atoms with E-state index in [4.69, 9.17) is 4.74 Å². The SMILES string of the molecule is Cc1ncsc1CN1C[C@@H]2CN(Cc3cccs3)CCO[C@@H]2C1. The van der Waals surface area contributed by atoms with Gasteiger partial charge in [-0.05, 0) is 18.4 Å². The fourth-order valence-corrected chi connectivity index (χ4v) is 5.19. The molecule has 124 valence electrons. The molecule has 0 saturated carbocycles. The minimum absolute atomic E-state index is 0.400. The van der Waals surface area contributed by atoms with Gasteiger partial charge in [0.05, 0.1) is 23.9 Å². The minimum Gasteiger partial charge on any atom is -0.375 e. The number of aryl methyl sites for hydroxylation is 1. The van der Waals surface area contributed by atoms with E-state index in [0.29, 0.717) is 12.0 Å². The van der Waals surface area contributed by atoms with Crippen molar-refractivity contribution in [3.8, 4) is 0 Å². The summed E-state index contributed by atoms with van der Waals surface area (Å²) in [7, 11) is 0. The minimum atomic E-state index is 0.400. The van der Waals surface area contributed by atoms with Crippen LogP contribution in [-0.4, -0.2) is 53.7 Å². The highest BCUT2D eigenvalue weighted by Crippen LogP contribution is 2.27. The first-order valence-electron chi connectivity index (χ1n) is 8.25. The number of hydrogen-bond acceptors (Lipinski definition) is 6. The van der Waals surface area contributed by atoms with E-state index in [2.05, 4.69) is 39.2 Å². The molecule has 4 heterocycles. The molecule has 2 aromatic heterocycles. The smallest absolute Gasteiger partial charge is 0.0798 e. The van der Waals surface area contributed by atoms with E-state index in [1.165, 1.54) is 15.4 Å². The molecular formula is C17H23N3OS2. The topological polar surface area (TPSA) is 28.6 Å². The van der Waals surface area contributed by atoms with Gasteiger partial charge in [0, 0.05) is 54.9 Å². The Hall–Kier alpha value is -0.790. The van der Waals surface area contributed by atoms with Gasteiger partial charge in [-0.25, -0.2) is 4.98 Å². The van der Waals surface area contributed by atoms with E-state index in [1.54, 1.807) is 11.3 Å². The van der Waals surface area contributed by atoms with Crippen LogP contribution in [0.3, 0.4) is 0 Å². The van der Waals surface area contributed by atoms with Crippen LogP contribution < -0.4 is 0 Å². The maximum atomic E-state index is 6.16. The van der Waals surface area contributed by atoms with Crippen molar-refractivity contribution in [2.45, 2.75) is 26.1 Å². The highest BCUT2D eigenvalue weighted by Gasteiger charge is 2.36. The lowest BCUT2D eigenvalue weighted by atomic mass is 10.1. The molecule has 2 aliphatic heterocycles. The highest BCUT2D eigenvalue weighted by molar-refractivity contribution is 7.10. The zero-order valence-electron chi connectivity index (χ0n) is 13.5. The van der Waals surface area contributed by atoms with Crippen LogP contribution in [-0.2, 0) is 17.8 Å². The molecule has 0 aliphatic carbocycles. The molecule has 2 atom stereocenters. The van der Waals surface area contributed by atoms with Gasteiger partial charge < -0.3 is 4.74 Å². The average molecular weight is 350 g/mol. The molecule has 0 aromatic carbocycles. The zero-order chi connectivity index (χ0) is 15.6. The number of likely N-dealkylation sites (tertiary alicyclic amines) is 1. The molecule has 4 nitrogen and oxygen atoms in total. The summed E-state index contributed by atoms with van der Waals surface area (Å²) < 4.78 is 6.16. The van der Waals surface area contributed by atoms with Crippen LogP contribution in [0.1, 0.15) is 15.4 Å². The van der Waals surface area contributed by atoms with Crippen LogP contribution in [0, 0.1) is 12.8 Å². The number of thiazole rings is 1. The fourth-order valence-electron chi connectivity index (χ4n) is 3.62. The van der Waals surface area contributed by atoms with Crippen LogP contribution >= 0.6 is 22.7 Å². The number of thiophene rings is 1. The first-order chi connectivity index (χ1) is 11.3. The van der Waals surface area contributed by atoms with E-state index in [0.717, 1.165) is 45.9 Å². The molecule has 0 unspecified atom stereocenters. The van der Waals surface area contributed by atoms with Gasteiger partial charge in [0.2, 0.25) is 0 Å². The van der Waals surface area contributed by atoms with E-state index in [9.17, 15) is 0 Å². The number of nitrogens with zero attached hydrogens (tertiary/aromatic N) is 3. The summed E-state index contributed by atoms with van der Waals surface area (Å²) >= 11 is 3.63. The Kier molecular flexibility index (Phi) is 4.78. The van der Waals surface area contributed by atoms with Crippen LogP contribution in [0.5, 0.6) is 0 Å². The van der Waals surface area contributed by atoms with Crippen molar-refractivity contribution < 1.29 is 4.74 Å². The van der Waals surface area contributed by atoms with Crippen molar-refractivity contribution in [3.05, 3.63) is 38.5 Å². The summed E-state index contributed by atoms with van der Waals surface area (Å²) in [6, 6.07) is 4.38. The van der Waals surface area contributed by atoms with Crippen molar-refractivity contribution >= 4 is 22.7 Å². The fraction of sp³-hybridized carbons (Fsp3) is 0.588. The third-order valence-corrected chi connectivity index (χ3v) is 6.64. The third-order valence-electron chi connectivity index (χ3n) is 4.86. The number of rotatable bonds is 4. The molecule has 0 bridgehead atoms. The van der Waals surface area contributed by atoms with Crippen LogP contribution in [0.4, 0.5) is 0 Å². The molecule has 0 spiro atoms. The number of hydrogen-bond donors (Lipinski definition) is 0. The predicted molar refractivity (Wildman–Crippen MR) is 95.0 cm³/mol. The summed E-state index contributed by atoms with van der Waals surface area (Å²) in [6.07, 6.45) is 0.400. The Morgan fingerprint density at radius 1 is 1.22 bits per heavy atom. The van der Waals surface area contributed by atoms with E-state index >= 15 is 0 Å². The lowest BCUT2D eigenvalue weighted by Gasteiger charge is -2.22. The first kappa shape index (κ1) is 15.7. The maximum Gasteiger partial charge on any atom is 0.0798 e. The standard InChI is InChI=1S/C17H23N3OS2/c1-13-17(23-12-18-13)11-20-8-14-7-19(4-5-21-16(14)10-20)9-15-3-2-6-22-15/h2-3,6,12,14,16H,4-5,7-11H2,1H3/t14-,16+/m0/s1. The van der Waals surface area contributed by atoms with Gasteiger partial charge in [-0.3, -0.25) is 9.80 Å². The second-order valence-electron chi connectivity index (χ2n) is 6.54.